The molecule has 0 bridgehead atoms. The molecular formula is C29H29FN2O7S. The summed E-state index contributed by atoms with van der Waals surface area (Å²) in [6, 6.07) is 20.1. The number of hydrogen-bond donors (Lipinski definition) is 2. The molecule has 1 aliphatic rings. The number of carbonyl (C=O) groups is 2. The number of piperidine rings is 1. The lowest BCUT2D eigenvalue weighted by atomic mass is 9.89. The van der Waals surface area contributed by atoms with Crippen LogP contribution in [0.1, 0.15) is 29.9 Å². The quantitative estimate of drug-likeness (QED) is 0.256. The van der Waals surface area contributed by atoms with Crippen molar-refractivity contribution >= 4 is 33.0 Å². The van der Waals surface area contributed by atoms with Crippen LogP contribution in [0, 0.1) is 5.82 Å². The predicted molar refractivity (Wildman–Crippen MR) is 146 cm³/mol. The molecule has 0 unspecified atom stereocenters. The van der Waals surface area contributed by atoms with Crippen molar-refractivity contribution in [1.82, 2.24) is 9.47 Å². The molecule has 11 heteroatoms. The van der Waals surface area contributed by atoms with Crippen LogP contribution in [0.2, 0.25) is 0 Å². The van der Waals surface area contributed by atoms with Gasteiger partial charge in [0, 0.05) is 23.6 Å². The van der Waals surface area contributed by atoms with Crippen molar-refractivity contribution < 1.29 is 36.8 Å². The van der Waals surface area contributed by atoms with E-state index in [0.29, 0.717) is 18.2 Å². The van der Waals surface area contributed by atoms with Crippen molar-refractivity contribution in [1.29, 1.82) is 0 Å². The molecule has 0 saturated carbocycles. The fourth-order valence-corrected chi connectivity index (χ4v) is 5.62. The monoisotopic (exact) mass is 568 g/mol. The third-order valence-electron chi connectivity index (χ3n) is 6.73. The Morgan fingerprint density at radius 1 is 0.950 bits per heavy atom. The summed E-state index contributed by atoms with van der Waals surface area (Å²) in [5, 5.41) is 15.8. The Morgan fingerprint density at radius 3 is 2.17 bits per heavy atom. The van der Waals surface area contributed by atoms with Gasteiger partial charge in [0.15, 0.2) is 0 Å². The highest BCUT2D eigenvalue weighted by molar-refractivity contribution is 7.87. The molecule has 0 amide bonds. The highest BCUT2D eigenvalue weighted by Gasteiger charge is 2.24. The topological polar surface area (TPSA) is 126 Å². The number of aliphatic carboxylic acids is 2. The summed E-state index contributed by atoms with van der Waals surface area (Å²) in [5.41, 5.74) is 3.20. The van der Waals surface area contributed by atoms with E-state index in [-0.39, 0.29) is 10.7 Å². The number of likely N-dealkylation sites (tertiary alicyclic amines) is 1. The largest absolute Gasteiger partial charge is 0.473 e. The fraction of sp³-hybridized carbons (Fsp3) is 0.241. The Hall–Kier alpha value is -4.22. The molecule has 0 radical (unpaired) electrons. The van der Waals surface area contributed by atoms with E-state index in [0.717, 1.165) is 42.4 Å². The van der Waals surface area contributed by atoms with Crippen molar-refractivity contribution in [2.24, 2.45) is 0 Å². The number of carboxylic acid groups (broad SMARTS) is 2. The Bertz CT molecular complexity index is 1580. The van der Waals surface area contributed by atoms with Crippen LogP contribution < -0.4 is 4.18 Å². The van der Waals surface area contributed by atoms with Gasteiger partial charge in [-0.1, -0.05) is 30.3 Å². The van der Waals surface area contributed by atoms with Gasteiger partial charge in [0.2, 0.25) is 0 Å². The Morgan fingerprint density at radius 2 is 1.57 bits per heavy atom. The number of nitrogens with zero attached hydrogens (tertiary/aromatic N) is 2. The van der Waals surface area contributed by atoms with Crippen LogP contribution in [-0.2, 0) is 26.3 Å². The van der Waals surface area contributed by atoms with Crippen LogP contribution in [0.15, 0.2) is 83.9 Å². The van der Waals surface area contributed by atoms with E-state index >= 15 is 0 Å². The second kappa shape index (κ2) is 12.3. The molecule has 1 saturated heterocycles. The minimum atomic E-state index is -3.92. The molecule has 5 rings (SSSR count). The maximum Gasteiger partial charge on any atom is 0.414 e. The summed E-state index contributed by atoms with van der Waals surface area (Å²) >= 11 is 0. The zero-order chi connectivity index (χ0) is 28.9. The molecule has 1 fully saturated rings. The van der Waals surface area contributed by atoms with Gasteiger partial charge in [0.05, 0.1) is 0 Å². The van der Waals surface area contributed by atoms with E-state index in [9.17, 15) is 12.8 Å². The Balaban J connectivity index is 0.000000557. The minimum Gasteiger partial charge on any atom is -0.473 e. The molecular weight excluding hydrogens is 539 g/mol. The highest BCUT2D eigenvalue weighted by atomic mass is 32.2. The highest BCUT2D eigenvalue weighted by Crippen LogP contribution is 2.36. The second-order valence-corrected chi connectivity index (χ2v) is 11.1. The molecule has 4 aromatic rings. The van der Waals surface area contributed by atoms with Crippen molar-refractivity contribution in [2.45, 2.75) is 30.2 Å². The zero-order valence-electron chi connectivity index (χ0n) is 21.7. The third kappa shape index (κ3) is 7.04. The molecule has 1 aliphatic heterocycles. The van der Waals surface area contributed by atoms with Crippen molar-refractivity contribution in [3.8, 4) is 5.75 Å². The molecule has 9 nitrogen and oxygen atoms in total. The molecule has 0 atom stereocenters. The van der Waals surface area contributed by atoms with Crippen molar-refractivity contribution in [3.05, 3.63) is 95.9 Å². The number of fused-ring (bicyclic) bond motifs is 1. The molecule has 0 aliphatic carbocycles. The van der Waals surface area contributed by atoms with Crippen LogP contribution in [0.4, 0.5) is 4.39 Å². The summed E-state index contributed by atoms with van der Waals surface area (Å²) < 4.78 is 46.6. The SMILES string of the molecule is CN1CCC(c2cn(Cc3ccc(F)cc3)c3ccc(OS(=O)(=O)c4ccccc4)cc23)CC1.O=C(O)C(=O)O. The van der Waals surface area contributed by atoms with Crippen molar-refractivity contribution in [3.63, 3.8) is 0 Å². The standard InChI is InChI=1S/C27H27FN2O3S.C2H2O4/c1-29-15-13-21(14-16-29)26-19-30(18-20-7-9-22(28)10-8-20)27-12-11-23(17-25(26)27)33-34(31,32)24-5-3-2-4-6-24;3-1(4)2(5)6/h2-12,17,19,21H,13-16,18H2,1H3;(H,3,4)(H,5,6). The van der Waals surface area contributed by atoms with Gasteiger partial charge in [-0.15, -0.1) is 0 Å². The van der Waals surface area contributed by atoms with Crippen LogP contribution in [-0.4, -0.2) is 60.2 Å². The van der Waals surface area contributed by atoms with Gasteiger partial charge in [-0.25, -0.2) is 14.0 Å². The summed E-state index contributed by atoms with van der Waals surface area (Å²) in [6.07, 6.45) is 4.25. The smallest absolute Gasteiger partial charge is 0.414 e. The maximum atomic E-state index is 13.4. The molecule has 3 aromatic carbocycles. The second-order valence-electron chi connectivity index (χ2n) is 9.56. The first-order chi connectivity index (χ1) is 19.0. The molecule has 40 heavy (non-hydrogen) atoms. The predicted octanol–water partition coefficient (Wildman–Crippen LogP) is 4.56. The van der Waals surface area contributed by atoms with E-state index in [1.54, 1.807) is 36.4 Å². The lowest BCUT2D eigenvalue weighted by Crippen LogP contribution is -2.29. The first-order valence-corrected chi connectivity index (χ1v) is 14.0. The summed E-state index contributed by atoms with van der Waals surface area (Å²) in [4.78, 5) is 20.7. The normalized spacial score (nSPS) is 14.3. The zero-order valence-corrected chi connectivity index (χ0v) is 22.6. The van der Waals surface area contributed by atoms with Gasteiger partial charge in [0.25, 0.3) is 0 Å². The average molecular weight is 569 g/mol. The van der Waals surface area contributed by atoms with Crippen LogP contribution in [0.5, 0.6) is 5.75 Å². The number of carboxylic acids is 2. The van der Waals surface area contributed by atoms with E-state index in [1.165, 1.54) is 29.8 Å². The lowest BCUT2D eigenvalue weighted by Gasteiger charge is -2.28. The first kappa shape index (κ1) is 28.8. The molecule has 0 spiro atoms. The lowest BCUT2D eigenvalue weighted by molar-refractivity contribution is -0.159. The van der Waals surface area contributed by atoms with E-state index in [4.69, 9.17) is 24.0 Å². The van der Waals surface area contributed by atoms with Gasteiger partial charge in [-0.2, -0.15) is 8.42 Å². The van der Waals surface area contributed by atoms with Crippen LogP contribution in [0.3, 0.4) is 0 Å². The average Bonchev–Trinajstić information content (AvgIpc) is 3.28. The summed E-state index contributed by atoms with van der Waals surface area (Å²) in [6.45, 7) is 2.65. The van der Waals surface area contributed by atoms with Gasteiger partial charge < -0.3 is 23.9 Å². The molecule has 210 valence electrons. The van der Waals surface area contributed by atoms with Gasteiger partial charge in [-0.3, -0.25) is 0 Å². The number of rotatable bonds is 6. The number of hydrogen-bond acceptors (Lipinski definition) is 6. The van der Waals surface area contributed by atoms with Gasteiger partial charge >= 0.3 is 22.1 Å². The Kier molecular flexibility index (Phi) is 8.86. The molecule has 2 heterocycles. The third-order valence-corrected chi connectivity index (χ3v) is 7.99. The summed E-state index contributed by atoms with van der Waals surface area (Å²) in [7, 11) is -1.79. The number of benzene rings is 3. The van der Waals surface area contributed by atoms with E-state index in [1.807, 2.05) is 12.1 Å². The van der Waals surface area contributed by atoms with Gasteiger partial charge in [-0.05, 0) is 92.5 Å². The number of halogens is 1. The number of aromatic nitrogens is 1. The molecule has 1 aromatic heterocycles. The van der Waals surface area contributed by atoms with Crippen LogP contribution in [0.25, 0.3) is 10.9 Å². The minimum absolute atomic E-state index is 0.125. The fourth-order valence-electron chi connectivity index (χ4n) is 4.68. The van der Waals surface area contributed by atoms with Crippen LogP contribution >= 0.6 is 0 Å². The van der Waals surface area contributed by atoms with Gasteiger partial charge in [0.1, 0.15) is 16.5 Å². The van der Waals surface area contributed by atoms with E-state index < -0.39 is 22.1 Å². The van der Waals surface area contributed by atoms with Crippen molar-refractivity contribution in [2.75, 3.05) is 20.1 Å². The van der Waals surface area contributed by atoms with E-state index in [2.05, 4.69) is 22.7 Å². The molecule has 2 N–H and O–H groups in total. The first-order valence-electron chi connectivity index (χ1n) is 12.5. The maximum absolute atomic E-state index is 13.4. The summed E-state index contributed by atoms with van der Waals surface area (Å²) in [5.74, 6) is -3.22. The Labute approximate surface area is 231 Å².